The van der Waals surface area contributed by atoms with Crippen molar-refractivity contribution in [2.45, 2.75) is 33.7 Å². The number of carbonyl (C=O) groups is 2. The van der Waals surface area contributed by atoms with Crippen LogP contribution in [0.4, 0.5) is 0 Å². The number of aryl methyl sites for hydroxylation is 1. The third-order valence-corrected chi connectivity index (χ3v) is 2.26. The van der Waals surface area contributed by atoms with E-state index in [2.05, 4.69) is 5.10 Å². The van der Waals surface area contributed by atoms with E-state index < -0.39 is 0 Å². The third-order valence-electron chi connectivity index (χ3n) is 2.26. The molecule has 1 aromatic rings. The van der Waals surface area contributed by atoms with Gasteiger partial charge < -0.3 is 0 Å². The van der Waals surface area contributed by atoms with Crippen molar-refractivity contribution in [2.24, 2.45) is 5.92 Å². The predicted octanol–water partition coefficient (Wildman–Crippen LogP) is 1.70. The Morgan fingerprint density at radius 2 is 2.13 bits per heavy atom. The highest BCUT2D eigenvalue weighted by molar-refractivity contribution is 6.08. The van der Waals surface area contributed by atoms with Crippen molar-refractivity contribution in [3.8, 4) is 0 Å². The van der Waals surface area contributed by atoms with Gasteiger partial charge in [0.15, 0.2) is 5.78 Å². The SMILES string of the molecule is CCn1cc(C(=O)CC(=O)C(C)C)cn1. The highest BCUT2D eigenvalue weighted by Gasteiger charge is 2.15. The number of Topliss-reactive ketones (excluding diaryl/α,β-unsaturated/α-hetero) is 2. The van der Waals surface area contributed by atoms with Gasteiger partial charge in [-0.3, -0.25) is 14.3 Å². The molecule has 1 aromatic heterocycles. The van der Waals surface area contributed by atoms with Gasteiger partial charge in [-0.25, -0.2) is 0 Å². The van der Waals surface area contributed by atoms with Gasteiger partial charge in [-0.05, 0) is 6.92 Å². The normalized spacial score (nSPS) is 10.7. The molecule has 0 aromatic carbocycles. The summed E-state index contributed by atoms with van der Waals surface area (Å²) >= 11 is 0. The van der Waals surface area contributed by atoms with Crippen LogP contribution in [0.1, 0.15) is 37.6 Å². The molecule has 0 radical (unpaired) electrons. The van der Waals surface area contributed by atoms with Crippen LogP contribution in [0.3, 0.4) is 0 Å². The zero-order valence-electron chi connectivity index (χ0n) is 9.36. The van der Waals surface area contributed by atoms with Crippen molar-refractivity contribution < 1.29 is 9.59 Å². The molecule has 4 heteroatoms. The fourth-order valence-corrected chi connectivity index (χ4v) is 1.14. The van der Waals surface area contributed by atoms with Crippen molar-refractivity contribution in [1.29, 1.82) is 0 Å². The molecule has 0 aliphatic heterocycles. The van der Waals surface area contributed by atoms with Crippen molar-refractivity contribution in [3.63, 3.8) is 0 Å². The molecule has 0 aliphatic rings. The lowest BCUT2D eigenvalue weighted by molar-refractivity contribution is -0.121. The average Bonchev–Trinajstić information content (AvgIpc) is 2.65. The van der Waals surface area contributed by atoms with Gasteiger partial charge in [-0.15, -0.1) is 0 Å². The highest BCUT2D eigenvalue weighted by atomic mass is 16.1. The Balaban J connectivity index is 2.65. The molecule has 4 nitrogen and oxygen atoms in total. The molecule has 0 spiro atoms. The summed E-state index contributed by atoms with van der Waals surface area (Å²) in [5.74, 6) is -0.257. The lowest BCUT2D eigenvalue weighted by atomic mass is 10.0. The first-order valence-electron chi connectivity index (χ1n) is 5.13. The molecule has 1 heterocycles. The first-order chi connectivity index (χ1) is 7.04. The van der Waals surface area contributed by atoms with Gasteiger partial charge in [-0.2, -0.15) is 5.10 Å². The second kappa shape index (κ2) is 4.87. The van der Waals surface area contributed by atoms with E-state index in [4.69, 9.17) is 0 Å². The molecule has 1 rings (SSSR count). The van der Waals surface area contributed by atoms with Crippen LogP contribution in [-0.4, -0.2) is 21.3 Å². The standard InChI is InChI=1S/C11H16N2O2/c1-4-13-7-9(6-12-13)11(15)5-10(14)8(2)3/h6-8H,4-5H2,1-3H3. The molecule has 82 valence electrons. The average molecular weight is 208 g/mol. The molecular weight excluding hydrogens is 192 g/mol. The number of hydrogen-bond donors (Lipinski definition) is 0. The van der Waals surface area contributed by atoms with Crippen LogP contribution in [0.5, 0.6) is 0 Å². The summed E-state index contributed by atoms with van der Waals surface area (Å²) in [4.78, 5) is 23.0. The van der Waals surface area contributed by atoms with Gasteiger partial charge in [-0.1, -0.05) is 13.8 Å². The lowest BCUT2D eigenvalue weighted by Gasteiger charge is -2.01. The van der Waals surface area contributed by atoms with E-state index in [1.54, 1.807) is 24.7 Å². The third kappa shape index (κ3) is 3.01. The fraction of sp³-hybridized carbons (Fsp3) is 0.545. The summed E-state index contributed by atoms with van der Waals surface area (Å²) in [5.41, 5.74) is 0.519. The molecule has 0 amide bonds. The minimum absolute atomic E-state index is 0.0208. The summed E-state index contributed by atoms with van der Waals surface area (Å²) in [6, 6.07) is 0. The van der Waals surface area contributed by atoms with Gasteiger partial charge in [0, 0.05) is 18.7 Å². The Kier molecular flexibility index (Phi) is 3.77. The summed E-state index contributed by atoms with van der Waals surface area (Å²) in [6.07, 6.45) is 3.17. The fourth-order valence-electron chi connectivity index (χ4n) is 1.14. The maximum atomic E-state index is 11.6. The Hall–Kier alpha value is -1.45. The second-order valence-electron chi connectivity index (χ2n) is 3.81. The van der Waals surface area contributed by atoms with E-state index in [0.29, 0.717) is 5.56 Å². The van der Waals surface area contributed by atoms with Gasteiger partial charge in [0.25, 0.3) is 0 Å². The minimum atomic E-state index is -0.145. The maximum Gasteiger partial charge on any atom is 0.173 e. The number of rotatable bonds is 5. The largest absolute Gasteiger partial charge is 0.299 e. The summed E-state index contributed by atoms with van der Waals surface area (Å²) in [7, 11) is 0. The summed E-state index contributed by atoms with van der Waals surface area (Å²) < 4.78 is 1.67. The number of aromatic nitrogens is 2. The number of carbonyl (C=O) groups excluding carboxylic acids is 2. The van der Waals surface area contributed by atoms with E-state index in [-0.39, 0.29) is 23.9 Å². The number of nitrogens with zero attached hydrogens (tertiary/aromatic N) is 2. The van der Waals surface area contributed by atoms with Gasteiger partial charge in [0.05, 0.1) is 18.2 Å². The van der Waals surface area contributed by atoms with E-state index >= 15 is 0 Å². The molecule has 0 saturated heterocycles. The highest BCUT2D eigenvalue weighted by Crippen LogP contribution is 2.06. The van der Waals surface area contributed by atoms with Gasteiger partial charge in [0.1, 0.15) is 5.78 Å². The molecule has 0 bridgehead atoms. The van der Waals surface area contributed by atoms with Crippen molar-refractivity contribution >= 4 is 11.6 Å². The molecule has 15 heavy (non-hydrogen) atoms. The van der Waals surface area contributed by atoms with E-state index in [1.165, 1.54) is 6.20 Å². The van der Waals surface area contributed by atoms with Crippen molar-refractivity contribution in [1.82, 2.24) is 9.78 Å². The number of ketones is 2. The molecule has 0 aliphatic carbocycles. The maximum absolute atomic E-state index is 11.6. The van der Waals surface area contributed by atoms with Crippen LogP contribution in [0.25, 0.3) is 0 Å². The Bertz CT molecular complexity index is 366. The quantitative estimate of drug-likeness (QED) is 0.546. The van der Waals surface area contributed by atoms with E-state index in [1.807, 2.05) is 6.92 Å². The molecule has 0 N–H and O–H groups in total. The van der Waals surface area contributed by atoms with Crippen molar-refractivity contribution in [3.05, 3.63) is 18.0 Å². The smallest absolute Gasteiger partial charge is 0.173 e. The van der Waals surface area contributed by atoms with Gasteiger partial charge in [0.2, 0.25) is 0 Å². The zero-order chi connectivity index (χ0) is 11.4. The van der Waals surface area contributed by atoms with E-state index in [9.17, 15) is 9.59 Å². The topological polar surface area (TPSA) is 52.0 Å². The molecule has 0 saturated carbocycles. The van der Waals surface area contributed by atoms with Crippen LogP contribution >= 0.6 is 0 Å². The van der Waals surface area contributed by atoms with Crippen LogP contribution in [0.2, 0.25) is 0 Å². The van der Waals surface area contributed by atoms with E-state index in [0.717, 1.165) is 6.54 Å². The monoisotopic (exact) mass is 208 g/mol. The number of hydrogen-bond acceptors (Lipinski definition) is 3. The van der Waals surface area contributed by atoms with Crippen LogP contribution in [-0.2, 0) is 11.3 Å². The summed E-state index contributed by atoms with van der Waals surface area (Å²) in [6.45, 7) is 6.27. The first-order valence-corrected chi connectivity index (χ1v) is 5.13. The van der Waals surface area contributed by atoms with Crippen molar-refractivity contribution in [2.75, 3.05) is 0 Å². The second-order valence-corrected chi connectivity index (χ2v) is 3.81. The Morgan fingerprint density at radius 3 is 2.60 bits per heavy atom. The zero-order valence-corrected chi connectivity index (χ0v) is 9.36. The molecule has 0 fully saturated rings. The molecule has 0 unspecified atom stereocenters. The van der Waals surface area contributed by atoms with Crippen LogP contribution < -0.4 is 0 Å². The van der Waals surface area contributed by atoms with Gasteiger partial charge >= 0.3 is 0 Å². The van der Waals surface area contributed by atoms with Crippen LogP contribution in [0.15, 0.2) is 12.4 Å². The minimum Gasteiger partial charge on any atom is -0.299 e. The molecular formula is C11H16N2O2. The lowest BCUT2D eigenvalue weighted by Crippen LogP contribution is -2.13. The molecule has 0 atom stereocenters. The predicted molar refractivity (Wildman–Crippen MR) is 56.7 cm³/mol. The summed E-state index contributed by atoms with van der Waals surface area (Å²) in [5, 5.41) is 3.99. The Labute approximate surface area is 89.3 Å². The van der Waals surface area contributed by atoms with Crippen LogP contribution in [0, 0.1) is 5.92 Å². The first kappa shape index (κ1) is 11.6. The Morgan fingerprint density at radius 1 is 1.47 bits per heavy atom.